The van der Waals surface area contributed by atoms with E-state index in [0.717, 1.165) is 24.8 Å². The van der Waals surface area contributed by atoms with Crippen molar-refractivity contribution in [2.24, 2.45) is 7.05 Å². The lowest BCUT2D eigenvalue weighted by Gasteiger charge is -2.26. The Morgan fingerprint density at radius 2 is 2.10 bits per heavy atom. The quantitative estimate of drug-likeness (QED) is 0.944. The van der Waals surface area contributed by atoms with Gasteiger partial charge in [-0.15, -0.1) is 0 Å². The molecule has 1 atom stereocenters. The molecule has 0 spiro atoms. The van der Waals surface area contributed by atoms with Crippen LogP contribution < -0.4 is 4.72 Å². The first-order valence-corrected chi connectivity index (χ1v) is 8.56. The molecule has 0 bridgehead atoms. The second kappa shape index (κ2) is 5.27. The highest BCUT2D eigenvalue weighted by molar-refractivity contribution is 7.89. The second-order valence-corrected chi connectivity index (χ2v) is 7.17. The maximum atomic E-state index is 12.6. The largest absolute Gasteiger partial charge is 0.272 e. The van der Waals surface area contributed by atoms with Crippen LogP contribution in [0.15, 0.2) is 35.4 Å². The van der Waals surface area contributed by atoms with E-state index in [4.69, 9.17) is 0 Å². The fraction of sp³-hybridized carbons (Fsp3) is 0.400. The first-order valence-electron chi connectivity index (χ1n) is 7.08. The average Bonchev–Trinajstić information content (AvgIpc) is 2.80. The fourth-order valence-electron chi connectivity index (χ4n) is 2.87. The van der Waals surface area contributed by atoms with Gasteiger partial charge >= 0.3 is 0 Å². The minimum atomic E-state index is -3.55. The summed E-state index contributed by atoms with van der Waals surface area (Å²) in [5.41, 5.74) is 2.97. The van der Waals surface area contributed by atoms with Crippen LogP contribution in [0, 0.1) is 6.92 Å². The monoisotopic (exact) mass is 305 g/mol. The van der Waals surface area contributed by atoms with E-state index in [1.54, 1.807) is 18.7 Å². The Kier molecular flexibility index (Phi) is 3.59. The lowest BCUT2D eigenvalue weighted by Crippen LogP contribution is -2.31. The van der Waals surface area contributed by atoms with Crippen molar-refractivity contribution in [3.8, 4) is 0 Å². The number of sulfonamides is 1. The summed E-state index contributed by atoms with van der Waals surface area (Å²) in [5, 5.41) is 4.02. The zero-order chi connectivity index (χ0) is 15.0. The van der Waals surface area contributed by atoms with Crippen LogP contribution in [0.5, 0.6) is 0 Å². The molecule has 0 saturated carbocycles. The third-order valence-electron chi connectivity index (χ3n) is 4.15. The molecule has 1 N–H and O–H groups in total. The summed E-state index contributed by atoms with van der Waals surface area (Å²) in [7, 11) is -1.81. The van der Waals surface area contributed by atoms with Crippen molar-refractivity contribution in [2.45, 2.75) is 37.1 Å². The predicted molar refractivity (Wildman–Crippen MR) is 80.4 cm³/mol. The highest BCUT2D eigenvalue weighted by Gasteiger charge is 2.27. The lowest BCUT2D eigenvalue weighted by atomic mass is 9.88. The molecular formula is C15H19N3O2S. The van der Waals surface area contributed by atoms with Crippen molar-refractivity contribution in [1.82, 2.24) is 14.5 Å². The van der Waals surface area contributed by atoms with E-state index in [0.29, 0.717) is 5.69 Å². The molecule has 1 aromatic carbocycles. The van der Waals surface area contributed by atoms with Gasteiger partial charge < -0.3 is 0 Å². The van der Waals surface area contributed by atoms with Gasteiger partial charge in [0.05, 0.1) is 11.9 Å². The van der Waals surface area contributed by atoms with Crippen LogP contribution in [0.1, 0.15) is 35.7 Å². The lowest BCUT2D eigenvalue weighted by molar-refractivity contribution is 0.507. The smallest absolute Gasteiger partial charge is 0.244 e. The van der Waals surface area contributed by atoms with Crippen molar-refractivity contribution < 1.29 is 8.42 Å². The number of rotatable bonds is 3. The average molecular weight is 305 g/mol. The maximum Gasteiger partial charge on any atom is 0.244 e. The van der Waals surface area contributed by atoms with Crippen molar-refractivity contribution >= 4 is 10.0 Å². The number of nitrogens with one attached hydrogen (secondary N) is 1. The summed E-state index contributed by atoms with van der Waals surface area (Å²) in [6.07, 6.45) is 4.25. The molecule has 21 heavy (non-hydrogen) atoms. The molecule has 1 aliphatic carbocycles. The number of hydrogen-bond acceptors (Lipinski definition) is 3. The zero-order valence-corrected chi connectivity index (χ0v) is 13.0. The molecule has 0 fully saturated rings. The molecule has 1 unspecified atom stereocenters. The molecule has 1 aromatic heterocycles. The Labute approximate surface area is 125 Å². The fourth-order valence-corrected chi connectivity index (χ4v) is 4.32. The third kappa shape index (κ3) is 2.61. The van der Waals surface area contributed by atoms with Crippen LogP contribution in [-0.4, -0.2) is 18.2 Å². The number of aromatic nitrogens is 2. The molecule has 0 saturated heterocycles. The third-order valence-corrected chi connectivity index (χ3v) is 5.72. The van der Waals surface area contributed by atoms with Gasteiger partial charge in [0.2, 0.25) is 10.0 Å². The van der Waals surface area contributed by atoms with Crippen LogP contribution in [0.4, 0.5) is 0 Å². The highest BCUT2D eigenvalue weighted by Crippen LogP contribution is 2.31. The van der Waals surface area contributed by atoms with Gasteiger partial charge in [-0.3, -0.25) is 4.68 Å². The molecule has 6 heteroatoms. The van der Waals surface area contributed by atoms with Crippen molar-refractivity contribution in [3.63, 3.8) is 0 Å². The molecule has 5 nitrogen and oxygen atoms in total. The standard InChI is InChI=1S/C15H19N3O2S/c1-11-15(10-16-18(11)2)21(19,20)17-14-9-5-7-12-6-3-4-8-13(12)14/h3-4,6,8,10,14,17H,5,7,9H2,1-2H3. The van der Waals surface area contributed by atoms with Crippen LogP contribution in [0.2, 0.25) is 0 Å². The van der Waals surface area contributed by atoms with Crippen LogP contribution in [-0.2, 0) is 23.5 Å². The Morgan fingerprint density at radius 1 is 1.33 bits per heavy atom. The molecule has 1 aliphatic rings. The van der Waals surface area contributed by atoms with E-state index in [2.05, 4.69) is 15.9 Å². The molecule has 1 heterocycles. The van der Waals surface area contributed by atoms with Gasteiger partial charge in [-0.05, 0) is 37.3 Å². The summed E-state index contributed by atoms with van der Waals surface area (Å²) >= 11 is 0. The number of aryl methyl sites for hydroxylation is 2. The zero-order valence-electron chi connectivity index (χ0n) is 12.2. The van der Waals surface area contributed by atoms with Crippen molar-refractivity contribution in [2.75, 3.05) is 0 Å². The number of benzene rings is 1. The highest BCUT2D eigenvalue weighted by atomic mass is 32.2. The minimum absolute atomic E-state index is 0.153. The Bertz CT molecular complexity index is 765. The summed E-state index contributed by atoms with van der Waals surface area (Å²) in [6, 6.07) is 7.89. The van der Waals surface area contributed by atoms with Gasteiger partial charge in [-0.1, -0.05) is 24.3 Å². The molecule has 2 aromatic rings. The molecule has 3 rings (SSSR count). The molecule has 0 radical (unpaired) electrons. The maximum absolute atomic E-state index is 12.6. The van der Waals surface area contributed by atoms with E-state index in [1.165, 1.54) is 11.8 Å². The van der Waals surface area contributed by atoms with E-state index in [1.807, 2.05) is 18.2 Å². The normalized spacial score (nSPS) is 18.5. The summed E-state index contributed by atoms with van der Waals surface area (Å²) in [4.78, 5) is 0.257. The van der Waals surface area contributed by atoms with Gasteiger partial charge in [-0.2, -0.15) is 5.10 Å². The summed E-state index contributed by atoms with van der Waals surface area (Å²) < 4.78 is 29.6. The number of fused-ring (bicyclic) bond motifs is 1. The van der Waals surface area contributed by atoms with E-state index in [9.17, 15) is 8.42 Å². The van der Waals surface area contributed by atoms with E-state index >= 15 is 0 Å². The predicted octanol–water partition coefficient (Wildman–Crippen LogP) is 2.08. The molecule has 0 aliphatic heterocycles. The SMILES string of the molecule is Cc1c(S(=O)(=O)NC2CCCc3ccccc32)cnn1C. The van der Waals surface area contributed by atoms with Gasteiger partial charge in [-0.25, -0.2) is 13.1 Å². The van der Waals surface area contributed by atoms with E-state index in [-0.39, 0.29) is 10.9 Å². The second-order valence-electron chi connectivity index (χ2n) is 5.48. The molecule has 0 amide bonds. The Hall–Kier alpha value is -1.66. The first-order chi connectivity index (χ1) is 9.99. The summed E-state index contributed by atoms with van der Waals surface area (Å²) in [6.45, 7) is 1.76. The van der Waals surface area contributed by atoms with Gasteiger partial charge in [0.15, 0.2) is 0 Å². The van der Waals surface area contributed by atoms with Gasteiger partial charge in [0.25, 0.3) is 0 Å². The van der Waals surface area contributed by atoms with Crippen LogP contribution >= 0.6 is 0 Å². The van der Waals surface area contributed by atoms with Crippen molar-refractivity contribution in [1.29, 1.82) is 0 Å². The van der Waals surface area contributed by atoms with Gasteiger partial charge in [0.1, 0.15) is 4.90 Å². The Morgan fingerprint density at radius 3 is 2.81 bits per heavy atom. The van der Waals surface area contributed by atoms with Gasteiger partial charge in [0, 0.05) is 13.1 Å². The Balaban J connectivity index is 1.92. The van der Waals surface area contributed by atoms with Crippen LogP contribution in [0.25, 0.3) is 0 Å². The van der Waals surface area contributed by atoms with E-state index < -0.39 is 10.0 Å². The van der Waals surface area contributed by atoms with Crippen LogP contribution in [0.3, 0.4) is 0 Å². The molecule has 112 valence electrons. The number of hydrogen-bond donors (Lipinski definition) is 1. The first kappa shape index (κ1) is 14.3. The molecular weight excluding hydrogens is 286 g/mol. The van der Waals surface area contributed by atoms with Crippen molar-refractivity contribution in [3.05, 3.63) is 47.3 Å². The number of nitrogens with zero attached hydrogens (tertiary/aromatic N) is 2. The summed E-state index contributed by atoms with van der Waals surface area (Å²) in [5.74, 6) is 0. The topological polar surface area (TPSA) is 64.0 Å². The minimum Gasteiger partial charge on any atom is -0.272 e.